The van der Waals surface area contributed by atoms with E-state index in [4.69, 9.17) is 16.3 Å². The number of carbonyl (C=O) groups is 1. The van der Waals surface area contributed by atoms with Crippen molar-refractivity contribution in [3.05, 3.63) is 64.8 Å². The molecule has 2 heterocycles. The third kappa shape index (κ3) is 2.56. The molecule has 0 N–H and O–H groups in total. The number of hydrogen-bond acceptors (Lipinski definition) is 5. The van der Waals surface area contributed by atoms with Crippen molar-refractivity contribution in [2.75, 3.05) is 7.11 Å². The molecule has 4 rings (SSSR count). The summed E-state index contributed by atoms with van der Waals surface area (Å²) in [6, 6.07) is 13.4. The van der Waals surface area contributed by atoms with Gasteiger partial charge in [0, 0.05) is 16.1 Å². The number of ether oxygens (including phenoxy) is 1. The number of aryl methyl sites for hydroxylation is 1. The van der Waals surface area contributed by atoms with Crippen LogP contribution >= 0.6 is 11.6 Å². The van der Waals surface area contributed by atoms with Crippen LogP contribution in [0.2, 0.25) is 5.02 Å². The van der Waals surface area contributed by atoms with Crippen LogP contribution in [-0.2, 0) is 14.6 Å². The van der Waals surface area contributed by atoms with E-state index in [0.29, 0.717) is 27.5 Å². The van der Waals surface area contributed by atoms with E-state index < -0.39 is 15.8 Å². The Morgan fingerprint density at radius 3 is 2.41 bits per heavy atom. The van der Waals surface area contributed by atoms with Crippen molar-refractivity contribution in [1.29, 1.82) is 0 Å². The zero-order chi connectivity index (χ0) is 19.3. The minimum atomic E-state index is -3.84. The molecule has 2 aromatic carbocycles. The highest BCUT2D eigenvalue weighted by atomic mass is 35.5. The maximum absolute atomic E-state index is 13.3. The van der Waals surface area contributed by atoms with Gasteiger partial charge in [-0.2, -0.15) is 0 Å². The summed E-state index contributed by atoms with van der Waals surface area (Å²) < 4.78 is 31.5. The summed E-state index contributed by atoms with van der Waals surface area (Å²) in [4.78, 5) is 17.2. The third-order valence-electron chi connectivity index (χ3n) is 4.56. The van der Waals surface area contributed by atoms with E-state index >= 15 is 0 Å². The van der Waals surface area contributed by atoms with Crippen molar-refractivity contribution in [3.63, 3.8) is 0 Å². The summed E-state index contributed by atoms with van der Waals surface area (Å²) in [5.41, 5.74) is 2.26. The molecule has 1 aliphatic rings. The summed E-state index contributed by atoms with van der Waals surface area (Å²) in [7, 11) is -2.58. The number of sulfone groups is 1. The molecule has 0 bridgehead atoms. The highest BCUT2D eigenvalue weighted by Gasteiger charge is 2.39. The first kappa shape index (κ1) is 17.7. The Bertz CT molecular complexity index is 1200. The lowest BCUT2D eigenvalue weighted by atomic mass is 9.96. The maximum Gasteiger partial charge on any atom is 0.340 e. The highest BCUT2D eigenvalue weighted by Crippen LogP contribution is 2.48. The molecule has 0 spiro atoms. The van der Waals surface area contributed by atoms with Crippen LogP contribution in [-0.4, -0.2) is 26.5 Å². The minimum Gasteiger partial charge on any atom is -0.465 e. The molecule has 1 aromatic heterocycles. The number of pyridine rings is 1. The van der Waals surface area contributed by atoms with E-state index in [1.54, 1.807) is 55.5 Å². The van der Waals surface area contributed by atoms with Gasteiger partial charge in [-0.15, -0.1) is 0 Å². The van der Waals surface area contributed by atoms with Crippen molar-refractivity contribution in [2.24, 2.45) is 0 Å². The zero-order valence-corrected chi connectivity index (χ0v) is 16.1. The second-order valence-electron chi connectivity index (χ2n) is 6.12. The number of fused-ring (bicyclic) bond motifs is 3. The molecule has 0 saturated heterocycles. The molecule has 0 atom stereocenters. The average Bonchev–Trinajstić information content (AvgIpc) is 2.88. The fraction of sp³-hybridized carbons (Fsp3) is 0.100. The van der Waals surface area contributed by atoms with E-state index in [9.17, 15) is 13.2 Å². The zero-order valence-electron chi connectivity index (χ0n) is 14.5. The van der Waals surface area contributed by atoms with E-state index in [1.165, 1.54) is 7.11 Å². The van der Waals surface area contributed by atoms with Gasteiger partial charge in [0.25, 0.3) is 0 Å². The van der Waals surface area contributed by atoms with Gasteiger partial charge in [0.15, 0.2) is 0 Å². The van der Waals surface area contributed by atoms with Crippen LogP contribution in [0.25, 0.3) is 22.4 Å². The lowest BCUT2D eigenvalue weighted by Crippen LogP contribution is -2.12. The first-order valence-corrected chi connectivity index (χ1v) is 9.95. The smallest absolute Gasteiger partial charge is 0.340 e. The standard InChI is InChI=1S/C20H14ClNO4S/c1-11-16(20(23)26-2)17(12-7-9-13(21)10-8-12)19-18(22-11)14-5-3-4-6-15(14)27(19,24)25/h3-10H,1-2H3. The first-order chi connectivity index (χ1) is 12.9. The molecule has 5 nitrogen and oxygen atoms in total. The van der Waals surface area contributed by atoms with Crippen molar-refractivity contribution in [1.82, 2.24) is 4.98 Å². The second kappa shape index (κ2) is 6.18. The molecule has 0 saturated carbocycles. The van der Waals surface area contributed by atoms with Crippen molar-refractivity contribution < 1.29 is 17.9 Å². The molecular weight excluding hydrogens is 386 g/mol. The van der Waals surface area contributed by atoms with Crippen LogP contribution in [0.4, 0.5) is 0 Å². The Balaban J connectivity index is 2.19. The summed E-state index contributed by atoms with van der Waals surface area (Å²) in [6.07, 6.45) is 0. The van der Waals surface area contributed by atoms with E-state index in [2.05, 4.69) is 4.98 Å². The van der Waals surface area contributed by atoms with Crippen LogP contribution in [0.1, 0.15) is 16.1 Å². The van der Waals surface area contributed by atoms with E-state index in [-0.39, 0.29) is 20.9 Å². The van der Waals surface area contributed by atoms with E-state index in [0.717, 1.165) is 0 Å². The van der Waals surface area contributed by atoms with Gasteiger partial charge in [0.2, 0.25) is 9.84 Å². The predicted molar refractivity (Wildman–Crippen MR) is 102 cm³/mol. The number of carbonyl (C=O) groups excluding carboxylic acids is 1. The molecule has 7 heteroatoms. The Morgan fingerprint density at radius 2 is 1.74 bits per heavy atom. The fourth-order valence-corrected chi connectivity index (χ4v) is 5.34. The molecule has 3 aromatic rings. The number of esters is 1. The lowest BCUT2D eigenvalue weighted by molar-refractivity contribution is 0.0600. The lowest BCUT2D eigenvalue weighted by Gasteiger charge is -2.15. The van der Waals surface area contributed by atoms with Gasteiger partial charge >= 0.3 is 5.97 Å². The summed E-state index contributed by atoms with van der Waals surface area (Å²) in [5, 5.41) is 0.506. The number of rotatable bonds is 2. The second-order valence-corrected chi connectivity index (χ2v) is 8.41. The fourth-order valence-electron chi connectivity index (χ4n) is 3.38. The Labute approximate surface area is 161 Å². The van der Waals surface area contributed by atoms with Crippen LogP contribution in [0.5, 0.6) is 0 Å². The highest BCUT2D eigenvalue weighted by molar-refractivity contribution is 7.92. The largest absolute Gasteiger partial charge is 0.465 e. The maximum atomic E-state index is 13.3. The average molecular weight is 400 g/mol. The number of halogens is 1. The van der Waals surface area contributed by atoms with Crippen LogP contribution in [0, 0.1) is 6.92 Å². The first-order valence-electron chi connectivity index (χ1n) is 8.09. The summed E-state index contributed by atoms with van der Waals surface area (Å²) >= 11 is 5.98. The normalized spacial score (nSPS) is 13.7. The monoisotopic (exact) mass is 399 g/mol. The molecule has 27 heavy (non-hydrogen) atoms. The van der Waals surface area contributed by atoms with Gasteiger partial charge < -0.3 is 4.74 Å². The predicted octanol–water partition coefficient (Wildman–Crippen LogP) is 4.31. The molecule has 1 aliphatic heterocycles. The Hall–Kier alpha value is -2.70. The minimum absolute atomic E-state index is 0.0250. The van der Waals surface area contributed by atoms with Crippen molar-refractivity contribution in [2.45, 2.75) is 16.7 Å². The van der Waals surface area contributed by atoms with Crippen LogP contribution in [0.15, 0.2) is 58.3 Å². The molecule has 0 radical (unpaired) electrons. The SMILES string of the molecule is COC(=O)c1c(C)nc2c(c1-c1ccc(Cl)cc1)S(=O)(=O)c1ccccc1-2. The van der Waals surface area contributed by atoms with Gasteiger partial charge in [-0.3, -0.25) is 4.98 Å². The van der Waals surface area contributed by atoms with Gasteiger partial charge in [0.05, 0.1) is 29.0 Å². The van der Waals surface area contributed by atoms with Crippen molar-refractivity contribution in [3.8, 4) is 22.4 Å². The number of aromatic nitrogens is 1. The Kier molecular flexibility index (Phi) is 4.05. The number of nitrogens with zero attached hydrogens (tertiary/aromatic N) is 1. The number of hydrogen-bond donors (Lipinski definition) is 0. The van der Waals surface area contributed by atoms with E-state index in [1.807, 2.05) is 0 Å². The molecular formula is C20H14ClNO4S. The van der Waals surface area contributed by atoms with Gasteiger partial charge in [0.1, 0.15) is 4.90 Å². The summed E-state index contributed by atoms with van der Waals surface area (Å²) in [6.45, 7) is 1.67. The summed E-state index contributed by atoms with van der Waals surface area (Å²) in [5.74, 6) is -0.640. The molecule has 0 amide bonds. The topological polar surface area (TPSA) is 73.3 Å². The number of methoxy groups -OCH3 is 1. The van der Waals surface area contributed by atoms with Gasteiger partial charge in [-0.1, -0.05) is 41.9 Å². The van der Waals surface area contributed by atoms with Gasteiger partial charge in [-0.25, -0.2) is 13.2 Å². The van der Waals surface area contributed by atoms with Crippen LogP contribution < -0.4 is 0 Å². The molecule has 0 fully saturated rings. The number of benzene rings is 2. The third-order valence-corrected chi connectivity index (χ3v) is 6.68. The molecule has 136 valence electrons. The molecule has 0 unspecified atom stereocenters. The van der Waals surface area contributed by atoms with Gasteiger partial charge in [-0.05, 0) is 30.7 Å². The quantitative estimate of drug-likeness (QED) is 0.469. The molecule has 0 aliphatic carbocycles. The van der Waals surface area contributed by atoms with Crippen LogP contribution in [0.3, 0.4) is 0 Å². The van der Waals surface area contributed by atoms with Crippen molar-refractivity contribution >= 4 is 27.4 Å². The Morgan fingerprint density at radius 1 is 1.07 bits per heavy atom.